The Balaban J connectivity index is 2.12. The van der Waals surface area contributed by atoms with E-state index in [1.807, 2.05) is 0 Å². The topological polar surface area (TPSA) is 76.7 Å². The highest BCUT2D eigenvalue weighted by Crippen LogP contribution is 2.25. The van der Waals surface area contributed by atoms with E-state index < -0.39 is 17.4 Å². The van der Waals surface area contributed by atoms with E-state index in [0.717, 1.165) is 0 Å². The highest BCUT2D eigenvalue weighted by Gasteiger charge is 2.18. The molecule has 5 nitrogen and oxygen atoms in total. The number of phenolic OH excluding ortho intramolecular Hbond substituents is 1. The second-order valence-electron chi connectivity index (χ2n) is 5.62. The number of esters is 1. The van der Waals surface area contributed by atoms with Gasteiger partial charge in [0.2, 0.25) is 0 Å². The first-order valence-corrected chi connectivity index (χ1v) is 7.53. The third-order valence-corrected chi connectivity index (χ3v) is 4.12. The van der Waals surface area contributed by atoms with Crippen molar-refractivity contribution in [2.45, 2.75) is 13.3 Å². The van der Waals surface area contributed by atoms with Crippen LogP contribution in [0.15, 0.2) is 45.6 Å². The quantitative estimate of drug-likeness (QED) is 0.584. The van der Waals surface area contributed by atoms with Gasteiger partial charge >= 0.3 is 11.6 Å². The number of hydrogen-bond donors (Lipinski definition) is 1. The van der Waals surface area contributed by atoms with Gasteiger partial charge in [-0.1, -0.05) is 12.1 Å². The molecule has 0 fully saturated rings. The second kappa shape index (κ2) is 6.39. The summed E-state index contributed by atoms with van der Waals surface area (Å²) in [5, 5.41) is 10.2. The summed E-state index contributed by atoms with van der Waals surface area (Å²) in [5.74, 6) is -1.52. The van der Waals surface area contributed by atoms with E-state index in [-0.39, 0.29) is 28.9 Å². The third-order valence-electron chi connectivity index (χ3n) is 4.12. The van der Waals surface area contributed by atoms with Gasteiger partial charge in [0.25, 0.3) is 0 Å². The minimum absolute atomic E-state index is 0.0142. The molecule has 6 heteroatoms. The van der Waals surface area contributed by atoms with Crippen molar-refractivity contribution in [2.24, 2.45) is 0 Å². The molecule has 0 atom stereocenters. The Morgan fingerprint density at radius 3 is 2.76 bits per heavy atom. The zero-order valence-corrected chi connectivity index (χ0v) is 13.6. The van der Waals surface area contributed by atoms with E-state index in [1.165, 1.54) is 37.4 Å². The molecule has 0 radical (unpaired) electrons. The molecule has 1 heterocycles. The average molecular weight is 342 g/mol. The van der Waals surface area contributed by atoms with Crippen LogP contribution in [0.4, 0.5) is 4.39 Å². The van der Waals surface area contributed by atoms with Gasteiger partial charge < -0.3 is 14.3 Å². The molecule has 1 aromatic heterocycles. The van der Waals surface area contributed by atoms with Crippen LogP contribution in [0, 0.1) is 12.7 Å². The number of carbonyl (C=O) groups excluding carboxylic acids is 1. The van der Waals surface area contributed by atoms with E-state index >= 15 is 0 Å². The maximum Gasteiger partial charge on any atom is 0.340 e. The number of carbonyl (C=O) groups is 1. The van der Waals surface area contributed by atoms with Crippen LogP contribution in [-0.2, 0) is 11.2 Å². The zero-order chi connectivity index (χ0) is 18.1. The van der Waals surface area contributed by atoms with Crippen LogP contribution in [0.3, 0.4) is 0 Å². The van der Waals surface area contributed by atoms with Gasteiger partial charge in [0.15, 0.2) is 0 Å². The molecule has 25 heavy (non-hydrogen) atoms. The normalized spacial score (nSPS) is 10.8. The Morgan fingerprint density at radius 2 is 2.04 bits per heavy atom. The molecule has 0 amide bonds. The van der Waals surface area contributed by atoms with Crippen LogP contribution in [-0.4, -0.2) is 18.2 Å². The maximum atomic E-state index is 14.6. The summed E-state index contributed by atoms with van der Waals surface area (Å²) < 4.78 is 24.4. The summed E-state index contributed by atoms with van der Waals surface area (Å²) in [6, 6.07) is 8.82. The summed E-state index contributed by atoms with van der Waals surface area (Å²) in [4.78, 5) is 23.9. The number of rotatable bonds is 3. The zero-order valence-electron chi connectivity index (χ0n) is 13.6. The summed E-state index contributed by atoms with van der Waals surface area (Å²) in [6.07, 6.45) is -0.0261. The molecule has 0 bridgehead atoms. The predicted octanol–water partition coefficient (Wildman–Crippen LogP) is 3.32. The van der Waals surface area contributed by atoms with Crippen molar-refractivity contribution in [1.82, 2.24) is 0 Å². The molecule has 0 unspecified atom stereocenters. The lowest BCUT2D eigenvalue weighted by Gasteiger charge is -2.10. The van der Waals surface area contributed by atoms with E-state index in [4.69, 9.17) is 4.42 Å². The molecule has 0 spiro atoms. The van der Waals surface area contributed by atoms with Crippen molar-refractivity contribution in [2.75, 3.05) is 7.11 Å². The predicted molar refractivity (Wildman–Crippen MR) is 89.4 cm³/mol. The fourth-order valence-electron chi connectivity index (χ4n) is 2.76. The lowest BCUT2D eigenvalue weighted by Crippen LogP contribution is -2.13. The van der Waals surface area contributed by atoms with Crippen molar-refractivity contribution in [1.29, 1.82) is 0 Å². The molecule has 128 valence electrons. The second-order valence-corrected chi connectivity index (χ2v) is 5.62. The Labute approximate surface area is 142 Å². The van der Waals surface area contributed by atoms with Crippen molar-refractivity contribution < 1.29 is 23.4 Å². The van der Waals surface area contributed by atoms with Crippen molar-refractivity contribution in [3.05, 3.63) is 74.9 Å². The molecule has 0 aliphatic heterocycles. The number of halogens is 1. The molecular weight excluding hydrogens is 327 g/mol. The summed E-state index contributed by atoms with van der Waals surface area (Å²) >= 11 is 0. The van der Waals surface area contributed by atoms with E-state index in [1.54, 1.807) is 13.0 Å². The number of aryl methyl sites for hydroxylation is 1. The number of aromatic hydroxyl groups is 1. The molecular formula is C19H15FO5. The van der Waals surface area contributed by atoms with Crippen LogP contribution >= 0.6 is 0 Å². The first-order valence-electron chi connectivity index (χ1n) is 7.53. The highest BCUT2D eigenvalue weighted by molar-refractivity contribution is 5.90. The van der Waals surface area contributed by atoms with Crippen LogP contribution in [0.1, 0.15) is 27.0 Å². The SMILES string of the molecule is COC(=O)c1cccc(Cc2c(C)c3ccc(O)cc3oc2=O)c1F. The number of methoxy groups -OCH3 is 1. The van der Waals surface area contributed by atoms with Gasteiger partial charge in [-0.2, -0.15) is 0 Å². The van der Waals surface area contributed by atoms with Crippen LogP contribution in [0.2, 0.25) is 0 Å². The van der Waals surface area contributed by atoms with Crippen LogP contribution in [0.25, 0.3) is 11.0 Å². The van der Waals surface area contributed by atoms with Gasteiger partial charge in [-0.15, -0.1) is 0 Å². The molecule has 0 saturated heterocycles. The number of hydrogen-bond acceptors (Lipinski definition) is 5. The van der Waals surface area contributed by atoms with Gasteiger partial charge in [0.05, 0.1) is 12.7 Å². The molecule has 0 saturated carbocycles. The minimum Gasteiger partial charge on any atom is -0.508 e. The summed E-state index contributed by atoms with van der Waals surface area (Å²) in [6.45, 7) is 1.73. The van der Waals surface area contributed by atoms with Crippen LogP contribution < -0.4 is 5.63 Å². The Kier molecular flexibility index (Phi) is 4.27. The van der Waals surface area contributed by atoms with E-state index in [0.29, 0.717) is 16.5 Å². The first-order chi connectivity index (χ1) is 11.9. The van der Waals surface area contributed by atoms with Gasteiger partial charge in [-0.3, -0.25) is 0 Å². The molecule has 3 rings (SSSR count). The van der Waals surface area contributed by atoms with Crippen molar-refractivity contribution in [3.63, 3.8) is 0 Å². The molecule has 2 aromatic carbocycles. The Morgan fingerprint density at radius 1 is 1.28 bits per heavy atom. The Hall–Kier alpha value is -3.15. The van der Waals surface area contributed by atoms with E-state index in [2.05, 4.69) is 4.74 Å². The fraction of sp³-hybridized carbons (Fsp3) is 0.158. The number of fused-ring (bicyclic) bond motifs is 1. The molecule has 0 aliphatic rings. The molecule has 0 aliphatic carbocycles. The van der Waals surface area contributed by atoms with Crippen LogP contribution in [0.5, 0.6) is 5.75 Å². The summed E-state index contributed by atoms with van der Waals surface area (Å²) in [7, 11) is 1.17. The van der Waals surface area contributed by atoms with Gasteiger partial charge in [0, 0.05) is 23.4 Å². The van der Waals surface area contributed by atoms with Crippen molar-refractivity contribution in [3.8, 4) is 5.75 Å². The minimum atomic E-state index is -0.780. The van der Waals surface area contributed by atoms with Gasteiger partial charge in [-0.05, 0) is 36.2 Å². The van der Waals surface area contributed by atoms with Gasteiger partial charge in [0.1, 0.15) is 17.1 Å². The van der Waals surface area contributed by atoms with Gasteiger partial charge in [-0.25, -0.2) is 14.0 Å². The Bertz CT molecular complexity index is 1040. The monoisotopic (exact) mass is 342 g/mol. The van der Waals surface area contributed by atoms with Crippen molar-refractivity contribution >= 4 is 16.9 Å². The average Bonchev–Trinajstić information content (AvgIpc) is 2.59. The maximum absolute atomic E-state index is 14.6. The number of ether oxygens (including phenoxy) is 1. The van der Waals surface area contributed by atoms with E-state index in [9.17, 15) is 19.1 Å². The highest BCUT2D eigenvalue weighted by atomic mass is 19.1. The number of phenols is 1. The lowest BCUT2D eigenvalue weighted by molar-refractivity contribution is 0.0595. The molecule has 3 aromatic rings. The lowest BCUT2D eigenvalue weighted by atomic mass is 9.98. The summed E-state index contributed by atoms with van der Waals surface area (Å²) in [5.41, 5.74) is 0.575. The molecule has 1 N–H and O–H groups in total. The third kappa shape index (κ3) is 2.98. The number of benzene rings is 2. The first kappa shape index (κ1) is 16.7. The largest absolute Gasteiger partial charge is 0.508 e. The standard InChI is InChI=1S/C19H15FO5/c1-10-13-7-6-12(21)9-16(13)25-19(23)15(10)8-11-4-3-5-14(17(11)20)18(22)24-2/h3-7,9,21H,8H2,1-2H3. The smallest absolute Gasteiger partial charge is 0.340 e. The fourth-order valence-corrected chi connectivity index (χ4v) is 2.76.